The van der Waals surface area contributed by atoms with E-state index in [1.54, 1.807) is 0 Å². The second-order valence-corrected chi connectivity index (χ2v) is 4.41. The molecule has 1 aliphatic carbocycles. The minimum absolute atomic E-state index is 0.442. The number of hydrogen-bond donors (Lipinski definition) is 0. The molecule has 0 saturated heterocycles. The average molecular weight is 170 g/mol. The summed E-state index contributed by atoms with van der Waals surface area (Å²) in [7, 11) is 0. The number of hydrogen-bond acceptors (Lipinski definition) is 2. The molecule has 1 aliphatic heterocycles. The molecule has 1 nitrogen and oxygen atoms in total. The van der Waals surface area contributed by atoms with Gasteiger partial charge in [-0.2, -0.15) is 0 Å². The fraction of sp³-hybridized carbons (Fsp3) is 0.778. The summed E-state index contributed by atoms with van der Waals surface area (Å²) < 4.78 is 5.75. The van der Waals surface area contributed by atoms with Gasteiger partial charge in [0.25, 0.3) is 0 Å². The first-order valence-electron chi connectivity index (χ1n) is 4.38. The van der Waals surface area contributed by atoms with E-state index in [4.69, 9.17) is 4.74 Å². The van der Waals surface area contributed by atoms with Crippen molar-refractivity contribution in [3.05, 3.63) is 10.7 Å². The topological polar surface area (TPSA) is 9.23 Å². The third-order valence-corrected chi connectivity index (χ3v) is 3.62. The molecule has 0 aromatic rings. The molecular weight excluding hydrogens is 156 g/mol. The minimum atomic E-state index is 0.442. The first-order chi connectivity index (χ1) is 5.36. The summed E-state index contributed by atoms with van der Waals surface area (Å²) in [5.74, 6) is 2.46. The summed E-state index contributed by atoms with van der Waals surface area (Å²) >= 11 is 2.01. The summed E-state index contributed by atoms with van der Waals surface area (Å²) in [6, 6.07) is 0. The van der Waals surface area contributed by atoms with E-state index in [1.807, 2.05) is 11.8 Å². The van der Waals surface area contributed by atoms with Crippen molar-refractivity contribution in [2.24, 2.45) is 0 Å². The first-order valence-corrected chi connectivity index (χ1v) is 5.36. The number of thioether (sulfide) groups is 1. The number of ether oxygens (including phenoxy) is 1. The maximum atomic E-state index is 5.75. The summed E-state index contributed by atoms with van der Waals surface area (Å²) in [6.45, 7) is 2.16. The molecule has 0 bridgehead atoms. The zero-order valence-electron chi connectivity index (χ0n) is 6.93. The third-order valence-electron chi connectivity index (χ3n) is 2.20. The van der Waals surface area contributed by atoms with Crippen LogP contribution in [0.15, 0.2) is 10.7 Å². The predicted molar refractivity (Wildman–Crippen MR) is 48.5 cm³/mol. The minimum Gasteiger partial charge on any atom is -0.493 e. The Balaban J connectivity index is 2.12. The van der Waals surface area contributed by atoms with Gasteiger partial charge in [-0.05, 0) is 26.2 Å². The van der Waals surface area contributed by atoms with Crippen LogP contribution in [0.4, 0.5) is 0 Å². The summed E-state index contributed by atoms with van der Waals surface area (Å²) in [5, 5.41) is 0. The van der Waals surface area contributed by atoms with Crippen LogP contribution < -0.4 is 0 Å². The highest BCUT2D eigenvalue weighted by Gasteiger charge is 2.21. The fourth-order valence-electron chi connectivity index (χ4n) is 1.62. The van der Waals surface area contributed by atoms with Crippen molar-refractivity contribution in [3.8, 4) is 0 Å². The van der Waals surface area contributed by atoms with Crippen molar-refractivity contribution < 1.29 is 4.74 Å². The number of rotatable bonds is 0. The standard InChI is InChI=1S/C9H14OS/c1-7-6-11-9-5-3-2-4-8(9)10-7/h7H,2-6H2,1H3. The van der Waals surface area contributed by atoms with E-state index in [0.717, 1.165) is 5.75 Å². The van der Waals surface area contributed by atoms with Crippen molar-refractivity contribution in [1.82, 2.24) is 0 Å². The van der Waals surface area contributed by atoms with Crippen molar-refractivity contribution in [1.29, 1.82) is 0 Å². The lowest BCUT2D eigenvalue weighted by Crippen LogP contribution is -2.18. The highest BCUT2D eigenvalue weighted by atomic mass is 32.2. The van der Waals surface area contributed by atoms with E-state index in [1.165, 1.54) is 36.3 Å². The maximum absolute atomic E-state index is 5.75. The lowest BCUT2D eigenvalue weighted by molar-refractivity contribution is 0.133. The van der Waals surface area contributed by atoms with E-state index < -0.39 is 0 Å². The Kier molecular flexibility index (Phi) is 2.12. The zero-order valence-corrected chi connectivity index (χ0v) is 7.75. The molecule has 0 saturated carbocycles. The summed E-state index contributed by atoms with van der Waals surface area (Å²) in [6.07, 6.45) is 5.59. The van der Waals surface area contributed by atoms with Gasteiger partial charge in [-0.25, -0.2) is 0 Å². The molecule has 0 aromatic carbocycles. The van der Waals surface area contributed by atoms with Gasteiger partial charge in [-0.1, -0.05) is 0 Å². The van der Waals surface area contributed by atoms with Crippen LogP contribution >= 0.6 is 11.8 Å². The Morgan fingerprint density at radius 3 is 3.09 bits per heavy atom. The van der Waals surface area contributed by atoms with Crippen LogP contribution in [0.5, 0.6) is 0 Å². The van der Waals surface area contributed by atoms with Crippen molar-refractivity contribution in [3.63, 3.8) is 0 Å². The van der Waals surface area contributed by atoms with Crippen LogP contribution in [-0.4, -0.2) is 11.9 Å². The second kappa shape index (κ2) is 3.10. The van der Waals surface area contributed by atoms with Gasteiger partial charge in [0, 0.05) is 17.1 Å². The van der Waals surface area contributed by atoms with Crippen LogP contribution in [0.25, 0.3) is 0 Å². The number of allylic oxidation sites excluding steroid dienone is 2. The largest absolute Gasteiger partial charge is 0.493 e. The van der Waals surface area contributed by atoms with Crippen molar-refractivity contribution >= 4 is 11.8 Å². The molecule has 1 atom stereocenters. The average Bonchev–Trinajstić information content (AvgIpc) is 2.04. The Bertz CT molecular complexity index is 186. The molecule has 1 heterocycles. The predicted octanol–water partition coefficient (Wildman–Crippen LogP) is 2.92. The normalized spacial score (nSPS) is 31.2. The zero-order chi connectivity index (χ0) is 7.68. The third kappa shape index (κ3) is 1.56. The van der Waals surface area contributed by atoms with Gasteiger partial charge in [0.1, 0.15) is 11.9 Å². The SMILES string of the molecule is CC1CSC2=C(CCCC2)O1. The van der Waals surface area contributed by atoms with Gasteiger partial charge < -0.3 is 4.74 Å². The molecule has 0 fully saturated rings. The van der Waals surface area contributed by atoms with E-state index >= 15 is 0 Å². The molecule has 2 heteroatoms. The van der Waals surface area contributed by atoms with Crippen LogP contribution in [0.1, 0.15) is 32.6 Å². The van der Waals surface area contributed by atoms with Gasteiger partial charge >= 0.3 is 0 Å². The Morgan fingerprint density at radius 2 is 2.18 bits per heavy atom. The molecule has 0 amide bonds. The van der Waals surface area contributed by atoms with Gasteiger partial charge in [-0.3, -0.25) is 0 Å². The monoisotopic (exact) mass is 170 g/mol. The molecular formula is C9H14OS. The lowest BCUT2D eigenvalue weighted by Gasteiger charge is -2.28. The highest BCUT2D eigenvalue weighted by Crippen LogP contribution is 2.37. The Morgan fingerprint density at radius 1 is 1.36 bits per heavy atom. The van der Waals surface area contributed by atoms with E-state index in [-0.39, 0.29) is 0 Å². The molecule has 0 aromatic heterocycles. The highest BCUT2D eigenvalue weighted by molar-refractivity contribution is 8.03. The molecule has 2 aliphatic rings. The van der Waals surface area contributed by atoms with E-state index in [0.29, 0.717) is 6.10 Å². The van der Waals surface area contributed by atoms with Crippen LogP contribution in [-0.2, 0) is 4.74 Å². The lowest BCUT2D eigenvalue weighted by atomic mass is 10.1. The van der Waals surface area contributed by atoms with Gasteiger partial charge in [-0.15, -0.1) is 11.8 Å². The first kappa shape index (κ1) is 7.53. The summed E-state index contributed by atoms with van der Waals surface area (Å²) in [5.41, 5.74) is 0. The van der Waals surface area contributed by atoms with Crippen LogP contribution in [0, 0.1) is 0 Å². The Labute approximate surface area is 72.2 Å². The van der Waals surface area contributed by atoms with Gasteiger partial charge in [0.2, 0.25) is 0 Å². The second-order valence-electron chi connectivity index (χ2n) is 3.29. The van der Waals surface area contributed by atoms with Crippen molar-refractivity contribution in [2.75, 3.05) is 5.75 Å². The fourth-order valence-corrected chi connectivity index (χ4v) is 2.73. The van der Waals surface area contributed by atoms with E-state index in [2.05, 4.69) is 6.92 Å². The Hall–Kier alpha value is -0.110. The van der Waals surface area contributed by atoms with Crippen LogP contribution in [0.2, 0.25) is 0 Å². The quantitative estimate of drug-likeness (QED) is 0.553. The molecule has 0 spiro atoms. The summed E-state index contributed by atoms with van der Waals surface area (Å²) in [4.78, 5) is 1.54. The smallest absolute Gasteiger partial charge is 0.106 e. The molecule has 62 valence electrons. The van der Waals surface area contributed by atoms with Crippen molar-refractivity contribution in [2.45, 2.75) is 38.7 Å². The van der Waals surface area contributed by atoms with Gasteiger partial charge in [0.05, 0.1) is 0 Å². The maximum Gasteiger partial charge on any atom is 0.106 e. The van der Waals surface area contributed by atoms with E-state index in [9.17, 15) is 0 Å². The molecule has 0 N–H and O–H groups in total. The molecule has 1 unspecified atom stereocenters. The molecule has 2 rings (SSSR count). The van der Waals surface area contributed by atoms with Crippen LogP contribution in [0.3, 0.4) is 0 Å². The van der Waals surface area contributed by atoms with Gasteiger partial charge in [0.15, 0.2) is 0 Å². The molecule has 0 radical (unpaired) electrons. The molecule has 11 heavy (non-hydrogen) atoms.